The molecule has 1 saturated carbocycles. The summed E-state index contributed by atoms with van der Waals surface area (Å²) in [5.74, 6) is -1.02. The molecule has 9 heteroatoms. The third kappa shape index (κ3) is 5.50. The third-order valence-electron chi connectivity index (χ3n) is 3.43. The second kappa shape index (κ2) is 7.08. The largest absolute Gasteiger partial charge is 0.481 e. The Morgan fingerprint density at radius 2 is 1.81 bits per heavy atom. The van der Waals surface area contributed by atoms with Crippen LogP contribution in [-0.4, -0.2) is 38.2 Å². The van der Waals surface area contributed by atoms with E-state index >= 15 is 0 Å². The molecule has 0 heterocycles. The Morgan fingerprint density at radius 3 is 2.29 bits per heavy atom. The van der Waals surface area contributed by atoms with Crippen molar-refractivity contribution in [1.29, 1.82) is 0 Å². The van der Waals surface area contributed by atoms with Crippen LogP contribution in [0.25, 0.3) is 0 Å². The molecule has 1 fully saturated rings. The molecule has 0 bridgehead atoms. The molecule has 0 atom stereocenters. The molecule has 0 aliphatic heterocycles. The maximum Gasteiger partial charge on any atom is 0.422 e. The minimum absolute atomic E-state index is 0.243. The fourth-order valence-electron chi connectivity index (χ4n) is 2.31. The summed E-state index contributed by atoms with van der Waals surface area (Å²) < 4.78 is 31.9. The lowest BCUT2D eigenvalue weighted by atomic mass is 9.74. The number of nitrogens with one attached hydrogen (secondary N) is 2. The van der Waals surface area contributed by atoms with E-state index in [1.165, 1.54) is 0 Å². The molecule has 0 aromatic heterocycles. The first-order chi connectivity index (χ1) is 9.67. The maximum absolute atomic E-state index is 11.7. The highest BCUT2D eigenvalue weighted by molar-refractivity contribution is 7.88. The number of ether oxygens (including phenoxy) is 1. The van der Waals surface area contributed by atoms with Crippen LogP contribution in [0.15, 0.2) is 0 Å². The lowest BCUT2D eigenvalue weighted by molar-refractivity contribution is -0.150. The summed E-state index contributed by atoms with van der Waals surface area (Å²) in [7, 11) is -4.14. The Labute approximate surface area is 124 Å². The van der Waals surface area contributed by atoms with Crippen LogP contribution in [0, 0.1) is 5.41 Å². The van der Waals surface area contributed by atoms with Crippen LogP contribution < -0.4 is 9.44 Å². The second-order valence-electron chi connectivity index (χ2n) is 5.53. The number of hydrogen-bond donors (Lipinski definition) is 3. The van der Waals surface area contributed by atoms with E-state index in [9.17, 15) is 23.1 Å². The fraction of sp³-hybridized carbons (Fsp3) is 0.833. The molecule has 3 N–H and O–H groups in total. The molecule has 8 nitrogen and oxygen atoms in total. The van der Waals surface area contributed by atoms with Gasteiger partial charge in [0.05, 0.1) is 11.5 Å². The van der Waals surface area contributed by atoms with E-state index in [0.29, 0.717) is 12.8 Å². The zero-order valence-electron chi connectivity index (χ0n) is 12.2. The van der Waals surface area contributed by atoms with Gasteiger partial charge >= 0.3 is 22.3 Å². The van der Waals surface area contributed by atoms with Crippen molar-refractivity contribution in [2.75, 3.05) is 6.54 Å². The van der Waals surface area contributed by atoms with Crippen molar-refractivity contribution in [3.63, 3.8) is 0 Å². The monoisotopic (exact) mass is 322 g/mol. The Morgan fingerprint density at radius 1 is 1.24 bits per heavy atom. The van der Waals surface area contributed by atoms with E-state index in [1.807, 2.05) is 0 Å². The van der Waals surface area contributed by atoms with E-state index in [-0.39, 0.29) is 6.54 Å². The highest BCUT2D eigenvalue weighted by Crippen LogP contribution is 2.36. The molecule has 122 valence electrons. The molecule has 0 unspecified atom stereocenters. The highest BCUT2D eigenvalue weighted by atomic mass is 32.2. The van der Waals surface area contributed by atoms with Gasteiger partial charge in [0.1, 0.15) is 0 Å². The Hall–Kier alpha value is -1.35. The number of rotatable bonds is 6. The molecule has 1 rings (SSSR count). The minimum Gasteiger partial charge on any atom is -0.481 e. The van der Waals surface area contributed by atoms with E-state index in [1.54, 1.807) is 18.6 Å². The zero-order valence-corrected chi connectivity index (χ0v) is 13.0. The maximum atomic E-state index is 11.7. The summed E-state index contributed by atoms with van der Waals surface area (Å²) in [6.07, 6.45) is 1.73. The van der Waals surface area contributed by atoms with Gasteiger partial charge in [-0.05, 0) is 26.7 Å². The first-order valence-electron chi connectivity index (χ1n) is 6.88. The van der Waals surface area contributed by atoms with Gasteiger partial charge in [0.25, 0.3) is 0 Å². The molecule has 0 aromatic carbocycles. The van der Waals surface area contributed by atoms with Crippen LogP contribution >= 0.6 is 0 Å². The first kappa shape index (κ1) is 17.7. The fourth-order valence-corrected chi connectivity index (χ4v) is 3.12. The van der Waals surface area contributed by atoms with Crippen LogP contribution in [0.3, 0.4) is 0 Å². The van der Waals surface area contributed by atoms with Crippen LogP contribution in [0.4, 0.5) is 4.79 Å². The molecule has 1 amide bonds. The quantitative estimate of drug-likeness (QED) is 0.670. The molecular weight excluding hydrogens is 300 g/mol. The zero-order chi connectivity index (χ0) is 16.1. The van der Waals surface area contributed by atoms with Crippen molar-refractivity contribution in [3.8, 4) is 0 Å². The summed E-state index contributed by atoms with van der Waals surface area (Å²) in [4.78, 5) is 22.7. The van der Waals surface area contributed by atoms with Gasteiger partial charge in [0, 0.05) is 6.54 Å². The van der Waals surface area contributed by atoms with Crippen molar-refractivity contribution < 1.29 is 27.9 Å². The van der Waals surface area contributed by atoms with Crippen LogP contribution in [0.5, 0.6) is 0 Å². The molecule has 1 aliphatic carbocycles. The SMILES string of the molecule is CC(C)OC(=O)NS(=O)(=O)NCC1(C(=O)O)CCCCC1. The second-order valence-corrected chi connectivity index (χ2v) is 7.03. The predicted molar refractivity (Wildman–Crippen MR) is 74.8 cm³/mol. The van der Waals surface area contributed by atoms with Crippen molar-refractivity contribution in [2.45, 2.75) is 52.1 Å². The number of carboxylic acids is 1. The van der Waals surface area contributed by atoms with Gasteiger partial charge in [-0.1, -0.05) is 19.3 Å². The number of aliphatic carboxylic acids is 1. The standard InChI is InChI=1S/C12H22N2O6S/c1-9(2)20-11(17)14-21(18,19)13-8-12(10(15)16)6-4-3-5-7-12/h9,13H,3-8H2,1-2H3,(H,14,17)(H,15,16). The van der Waals surface area contributed by atoms with Gasteiger partial charge in [-0.25, -0.2) is 9.52 Å². The van der Waals surface area contributed by atoms with Crippen molar-refractivity contribution in [2.24, 2.45) is 5.41 Å². The van der Waals surface area contributed by atoms with Crippen LogP contribution in [-0.2, 0) is 19.7 Å². The smallest absolute Gasteiger partial charge is 0.422 e. The number of carbonyl (C=O) groups is 2. The molecule has 0 spiro atoms. The van der Waals surface area contributed by atoms with E-state index in [0.717, 1.165) is 19.3 Å². The molecule has 21 heavy (non-hydrogen) atoms. The topological polar surface area (TPSA) is 122 Å². The molecule has 0 radical (unpaired) electrons. The number of amides is 1. The lowest BCUT2D eigenvalue weighted by Gasteiger charge is -2.33. The average Bonchev–Trinajstić information content (AvgIpc) is 2.35. The molecule has 0 aromatic rings. The van der Waals surface area contributed by atoms with Gasteiger partial charge < -0.3 is 9.84 Å². The van der Waals surface area contributed by atoms with Crippen molar-refractivity contribution in [3.05, 3.63) is 0 Å². The Balaban J connectivity index is 2.62. The predicted octanol–water partition coefficient (Wildman–Crippen LogP) is 0.990. The Bertz CT molecular complexity index is 482. The van der Waals surface area contributed by atoms with Crippen LogP contribution in [0.1, 0.15) is 46.0 Å². The number of carboxylic acid groups (broad SMARTS) is 1. The summed E-state index contributed by atoms with van der Waals surface area (Å²) in [5, 5.41) is 9.34. The first-order valence-corrected chi connectivity index (χ1v) is 8.37. The molecular formula is C12H22N2O6S. The third-order valence-corrected chi connectivity index (χ3v) is 4.39. The molecule has 0 saturated heterocycles. The summed E-state index contributed by atoms with van der Waals surface area (Å²) in [6.45, 7) is 2.93. The summed E-state index contributed by atoms with van der Waals surface area (Å²) in [6, 6.07) is 0. The summed E-state index contributed by atoms with van der Waals surface area (Å²) in [5.41, 5.74) is -1.10. The number of carbonyl (C=O) groups excluding carboxylic acids is 1. The van der Waals surface area contributed by atoms with Crippen molar-refractivity contribution >= 4 is 22.3 Å². The van der Waals surface area contributed by atoms with Gasteiger partial charge in [-0.3, -0.25) is 4.79 Å². The van der Waals surface area contributed by atoms with Gasteiger partial charge in [-0.15, -0.1) is 0 Å². The normalized spacial score (nSPS) is 18.2. The lowest BCUT2D eigenvalue weighted by Crippen LogP contribution is -2.48. The van der Waals surface area contributed by atoms with E-state index in [4.69, 9.17) is 0 Å². The average molecular weight is 322 g/mol. The summed E-state index contributed by atoms with van der Waals surface area (Å²) >= 11 is 0. The van der Waals surface area contributed by atoms with Gasteiger partial charge in [0.15, 0.2) is 0 Å². The van der Waals surface area contributed by atoms with E-state index in [2.05, 4.69) is 9.46 Å². The van der Waals surface area contributed by atoms with Crippen molar-refractivity contribution in [1.82, 2.24) is 9.44 Å². The number of hydrogen-bond acceptors (Lipinski definition) is 5. The van der Waals surface area contributed by atoms with Gasteiger partial charge in [0.2, 0.25) is 0 Å². The van der Waals surface area contributed by atoms with E-state index < -0.39 is 33.8 Å². The Kier molecular flexibility index (Phi) is 5.97. The van der Waals surface area contributed by atoms with Crippen LogP contribution in [0.2, 0.25) is 0 Å². The highest BCUT2D eigenvalue weighted by Gasteiger charge is 2.40. The minimum atomic E-state index is -4.14. The van der Waals surface area contributed by atoms with Gasteiger partial charge in [-0.2, -0.15) is 13.1 Å². The molecule has 1 aliphatic rings.